The fraction of sp³-hybridized carbons (Fsp3) is 0.556. The Morgan fingerprint density at radius 2 is 1.88 bits per heavy atom. The summed E-state index contributed by atoms with van der Waals surface area (Å²) in [6.07, 6.45) is 1.04. The molecule has 0 spiro atoms. The van der Waals surface area contributed by atoms with Crippen LogP contribution in [0.5, 0.6) is 0 Å². The molecule has 7 nitrogen and oxygen atoms in total. The number of fused-ring (bicyclic) bond motifs is 1. The van der Waals surface area contributed by atoms with Crippen molar-refractivity contribution in [3.05, 3.63) is 27.1 Å². The molecule has 142 valence electrons. The summed E-state index contributed by atoms with van der Waals surface area (Å²) in [5.74, 6) is -0.748. The summed E-state index contributed by atoms with van der Waals surface area (Å²) in [4.78, 5) is 42.3. The van der Waals surface area contributed by atoms with E-state index in [0.29, 0.717) is 27.3 Å². The number of thiophene rings is 1. The fourth-order valence-electron chi connectivity index (χ4n) is 2.36. The van der Waals surface area contributed by atoms with Crippen LogP contribution in [-0.4, -0.2) is 34.2 Å². The molecule has 0 N–H and O–H groups in total. The molecule has 1 atom stereocenters. The molecule has 26 heavy (non-hydrogen) atoms. The maximum Gasteiger partial charge on any atom is 0.348 e. The minimum Gasteiger partial charge on any atom is -0.461 e. The van der Waals surface area contributed by atoms with Gasteiger partial charge in [0, 0.05) is 0 Å². The Balaban J connectivity index is 2.42. The van der Waals surface area contributed by atoms with Gasteiger partial charge in [0.25, 0.3) is 5.56 Å². The lowest BCUT2D eigenvalue weighted by atomic mass is 10.2. The van der Waals surface area contributed by atoms with Gasteiger partial charge in [0.1, 0.15) is 15.7 Å². The van der Waals surface area contributed by atoms with E-state index >= 15 is 0 Å². The van der Waals surface area contributed by atoms with Gasteiger partial charge in [-0.15, -0.1) is 11.3 Å². The highest BCUT2D eigenvalue weighted by atomic mass is 32.1. The van der Waals surface area contributed by atoms with Gasteiger partial charge >= 0.3 is 11.9 Å². The molecule has 0 unspecified atom stereocenters. The first kappa shape index (κ1) is 20.1. The predicted octanol–water partition coefficient (Wildman–Crippen LogP) is 3.09. The number of carbonyl (C=O) groups is 2. The highest BCUT2D eigenvalue weighted by Crippen LogP contribution is 2.28. The number of nitrogens with zero attached hydrogens (tertiary/aromatic N) is 2. The monoisotopic (exact) mass is 380 g/mol. The van der Waals surface area contributed by atoms with Crippen LogP contribution in [0.1, 0.15) is 55.9 Å². The summed E-state index contributed by atoms with van der Waals surface area (Å²) < 4.78 is 11.7. The first-order valence-electron chi connectivity index (χ1n) is 8.51. The van der Waals surface area contributed by atoms with E-state index in [1.54, 1.807) is 27.7 Å². The summed E-state index contributed by atoms with van der Waals surface area (Å²) in [6.45, 7) is 11.0. The second-order valence-corrected chi connectivity index (χ2v) is 7.85. The lowest BCUT2D eigenvalue weighted by Gasteiger charge is -2.15. The average Bonchev–Trinajstić information content (AvgIpc) is 2.89. The maximum atomic E-state index is 12.9. The van der Waals surface area contributed by atoms with Crippen molar-refractivity contribution in [2.45, 2.75) is 53.7 Å². The van der Waals surface area contributed by atoms with Gasteiger partial charge in [0.05, 0.1) is 24.4 Å². The highest BCUT2D eigenvalue weighted by Gasteiger charge is 2.24. The maximum absolute atomic E-state index is 12.9. The van der Waals surface area contributed by atoms with Crippen LogP contribution >= 0.6 is 11.3 Å². The van der Waals surface area contributed by atoms with Crippen LogP contribution in [0, 0.1) is 12.8 Å². The standard InChI is InChI=1S/C18H24N2O5S/c1-9(2)7-24-18(23)14-11(5)13-15(26-14)19-8-20(16(13)21)12(6)17(22)25-10(3)4/h8-10,12H,7H2,1-6H3/t12-/m1/s1. The molecular weight excluding hydrogens is 356 g/mol. The van der Waals surface area contributed by atoms with E-state index < -0.39 is 18.0 Å². The zero-order chi connectivity index (χ0) is 19.6. The van der Waals surface area contributed by atoms with Crippen molar-refractivity contribution in [1.29, 1.82) is 0 Å². The van der Waals surface area contributed by atoms with Crippen LogP contribution in [0.4, 0.5) is 0 Å². The zero-order valence-corrected chi connectivity index (χ0v) is 16.7. The second-order valence-electron chi connectivity index (χ2n) is 6.85. The van der Waals surface area contributed by atoms with Crippen molar-refractivity contribution in [2.75, 3.05) is 6.61 Å². The van der Waals surface area contributed by atoms with E-state index in [-0.39, 0.29) is 17.6 Å². The number of carbonyl (C=O) groups excluding carboxylic acids is 2. The van der Waals surface area contributed by atoms with Crippen LogP contribution < -0.4 is 5.56 Å². The van der Waals surface area contributed by atoms with Gasteiger partial charge in [-0.05, 0) is 39.2 Å². The van der Waals surface area contributed by atoms with Gasteiger partial charge in [-0.2, -0.15) is 0 Å². The van der Waals surface area contributed by atoms with Crippen LogP contribution in [-0.2, 0) is 14.3 Å². The molecule has 0 aliphatic rings. The van der Waals surface area contributed by atoms with Crippen LogP contribution in [0.3, 0.4) is 0 Å². The number of aryl methyl sites for hydroxylation is 1. The van der Waals surface area contributed by atoms with Crippen molar-refractivity contribution in [1.82, 2.24) is 9.55 Å². The third-order valence-electron chi connectivity index (χ3n) is 3.72. The van der Waals surface area contributed by atoms with Gasteiger partial charge in [-0.25, -0.2) is 14.6 Å². The van der Waals surface area contributed by atoms with Gasteiger partial charge in [-0.3, -0.25) is 9.36 Å². The van der Waals surface area contributed by atoms with E-state index in [1.165, 1.54) is 10.9 Å². The average molecular weight is 380 g/mol. The first-order valence-corrected chi connectivity index (χ1v) is 9.33. The summed E-state index contributed by atoms with van der Waals surface area (Å²) in [6, 6.07) is -0.808. The zero-order valence-electron chi connectivity index (χ0n) is 15.9. The molecule has 2 aromatic rings. The third kappa shape index (κ3) is 4.12. The summed E-state index contributed by atoms with van der Waals surface area (Å²) in [7, 11) is 0. The van der Waals surface area contributed by atoms with E-state index in [9.17, 15) is 14.4 Å². The van der Waals surface area contributed by atoms with E-state index in [4.69, 9.17) is 9.47 Å². The number of hydrogen-bond donors (Lipinski definition) is 0. The van der Waals surface area contributed by atoms with Crippen molar-refractivity contribution < 1.29 is 19.1 Å². The van der Waals surface area contributed by atoms with Gasteiger partial charge in [-0.1, -0.05) is 13.8 Å². The molecule has 2 heterocycles. The molecule has 2 aromatic heterocycles. The Labute approximate surface area is 155 Å². The van der Waals surface area contributed by atoms with Gasteiger partial charge < -0.3 is 9.47 Å². The summed E-state index contributed by atoms with van der Waals surface area (Å²) >= 11 is 1.12. The Morgan fingerprint density at radius 3 is 2.46 bits per heavy atom. The molecule has 0 fully saturated rings. The van der Waals surface area contributed by atoms with Crippen LogP contribution in [0.15, 0.2) is 11.1 Å². The van der Waals surface area contributed by atoms with Crippen LogP contribution in [0.2, 0.25) is 0 Å². The second kappa shape index (κ2) is 7.99. The van der Waals surface area contributed by atoms with E-state index in [1.807, 2.05) is 13.8 Å². The first-order chi connectivity index (χ1) is 12.1. The molecule has 0 aliphatic carbocycles. The normalized spacial score (nSPS) is 12.6. The summed E-state index contributed by atoms with van der Waals surface area (Å²) in [5.41, 5.74) is 0.148. The molecule has 8 heteroatoms. The number of rotatable bonds is 6. The van der Waals surface area contributed by atoms with Gasteiger partial charge in [0.2, 0.25) is 0 Å². The molecule has 0 amide bonds. The molecule has 0 aliphatic heterocycles. The molecule has 2 rings (SSSR count). The Kier molecular flexibility index (Phi) is 6.17. The third-order valence-corrected chi connectivity index (χ3v) is 4.90. The molecule has 0 radical (unpaired) electrons. The number of esters is 2. The van der Waals surface area contributed by atoms with E-state index in [2.05, 4.69) is 4.98 Å². The highest BCUT2D eigenvalue weighted by molar-refractivity contribution is 7.20. The van der Waals surface area contributed by atoms with Crippen molar-refractivity contribution in [3.63, 3.8) is 0 Å². The molecule has 0 saturated heterocycles. The van der Waals surface area contributed by atoms with Crippen molar-refractivity contribution in [2.24, 2.45) is 5.92 Å². The van der Waals surface area contributed by atoms with Crippen molar-refractivity contribution in [3.8, 4) is 0 Å². The van der Waals surface area contributed by atoms with E-state index in [0.717, 1.165) is 11.3 Å². The fourth-order valence-corrected chi connectivity index (χ4v) is 3.39. The molecule has 0 saturated carbocycles. The molecule has 0 aromatic carbocycles. The SMILES string of the molecule is Cc1c(C(=O)OCC(C)C)sc2ncn([C@H](C)C(=O)OC(C)C)c(=O)c12. The van der Waals surface area contributed by atoms with Crippen LogP contribution in [0.25, 0.3) is 10.2 Å². The smallest absolute Gasteiger partial charge is 0.348 e. The quantitative estimate of drug-likeness (QED) is 0.716. The lowest BCUT2D eigenvalue weighted by Crippen LogP contribution is -2.30. The predicted molar refractivity (Wildman–Crippen MR) is 99.7 cm³/mol. The number of aromatic nitrogens is 2. The Hall–Kier alpha value is -2.22. The Bertz CT molecular complexity index is 882. The Morgan fingerprint density at radius 1 is 1.23 bits per heavy atom. The molecule has 0 bridgehead atoms. The number of hydrogen-bond acceptors (Lipinski definition) is 7. The minimum atomic E-state index is -0.808. The number of ether oxygens (including phenoxy) is 2. The molecular formula is C18H24N2O5S. The minimum absolute atomic E-state index is 0.219. The van der Waals surface area contributed by atoms with Gasteiger partial charge in [0.15, 0.2) is 0 Å². The van der Waals surface area contributed by atoms with Crippen molar-refractivity contribution >= 4 is 33.5 Å². The summed E-state index contributed by atoms with van der Waals surface area (Å²) in [5, 5.41) is 0.332. The lowest BCUT2D eigenvalue weighted by molar-refractivity contribution is -0.151. The largest absolute Gasteiger partial charge is 0.461 e. The topological polar surface area (TPSA) is 87.5 Å².